The maximum absolute atomic E-state index is 12.4. The quantitative estimate of drug-likeness (QED) is 0.636. The Morgan fingerprint density at radius 2 is 1.79 bits per heavy atom. The predicted octanol–water partition coefficient (Wildman–Crippen LogP) is 5.20. The van der Waals surface area contributed by atoms with Gasteiger partial charge in [-0.05, 0) is 50.1 Å². The number of nitrogens with zero attached hydrogens (tertiary/aromatic N) is 2. The summed E-state index contributed by atoms with van der Waals surface area (Å²) in [4.78, 5) is 18.3. The number of phenolic OH excluding ortho intramolecular Hbond substituents is 1. The average Bonchev–Trinajstić information content (AvgIpc) is 2.67. The van der Waals surface area contributed by atoms with E-state index in [4.69, 9.17) is 5.73 Å². The van der Waals surface area contributed by atoms with Gasteiger partial charge in [0, 0.05) is 34.6 Å². The smallest absolute Gasteiger partial charge is 0.320 e. The number of urea groups is 1. The van der Waals surface area contributed by atoms with Gasteiger partial charge in [0.05, 0.1) is 11.2 Å². The number of hydrogen-bond acceptors (Lipinski definition) is 3. The van der Waals surface area contributed by atoms with Crippen LogP contribution in [-0.2, 0) is 0 Å². The van der Waals surface area contributed by atoms with E-state index in [0.717, 1.165) is 39.1 Å². The van der Waals surface area contributed by atoms with Crippen molar-refractivity contribution < 1.29 is 9.90 Å². The number of phenols is 1. The van der Waals surface area contributed by atoms with Crippen molar-refractivity contribution in [3.05, 3.63) is 72.6 Å². The Labute approximate surface area is 170 Å². The lowest BCUT2D eigenvalue weighted by molar-refractivity contribution is 0.250. The summed E-state index contributed by atoms with van der Waals surface area (Å²) in [7, 11) is 0. The normalized spacial score (nSPS) is 14.9. The van der Waals surface area contributed by atoms with Crippen molar-refractivity contribution in [3.63, 3.8) is 0 Å². The molecule has 0 unspecified atom stereocenters. The van der Waals surface area contributed by atoms with Crippen molar-refractivity contribution in [2.75, 3.05) is 4.90 Å². The number of fused-ring (bicyclic) bond motifs is 1. The second kappa shape index (κ2) is 6.78. The zero-order valence-corrected chi connectivity index (χ0v) is 16.7. The Morgan fingerprint density at radius 3 is 2.45 bits per heavy atom. The zero-order valence-electron chi connectivity index (χ0n) is 16.7. The highest BCUT2D eigenvalue weighted by atomic mass is 16.3. The molecule has 29 heavy (non-hydrogen) atoms. The number of pyridine rings is 1. The number of aromatic nitrogens is 1. The Hall–Kier alpha value is -3.60. The Balaban J connectivity index is 2.12. The van der Waals surface area contributed by atoms with Crippen LogP contribution in [0.1, 0.15) is 26.3 Å². The van der Waals surface area contributed by atoms with Crippen molar-refractivity contribution in [1.82, 2.24) is 4.98 Å². The lowest BCUT2D eigenvalue weighted by Gasteiger charge is -2.41. The summed E-state index contributed by atoms with van der Waals surface area (Å²) < 4.78 is 0. The van der Waals surface area contributed by atoms with Gasteiger partial charge in [-0.15, -0.1) is 0 Å². The first-order valence-corrected chi connectivity index (χ1v) is 9.46. The highest BCUT2D eigenvalue weighted by Crippen LogP contribution is 2.48. The predicted molar refractivity (Wildman–Crippen MR) is 117 cm³/mol. The maximum atomic E-state index is 12.4. The molecule has 5 heteroatoms. The van der Waals surface area contributed by atoms with Crippen LogP contribution in [0.3, 0.4) is 0 Å². The van der Waals surface area contributed by atoms with E-state index >= 15 is 0 Å². The van der Waals surface area contributed by atoms with Crippen molar-refractivity contribution in [1.29, 1.82) is 0 Å². The molecule has 1 aliphatic heterocycles. The van der Waals surface area contributed by atoms with Gasteiger partial charge in [0.2, 0.25) is 0 Å². The molecule has 3 N–H and O–H groups in total. The summed E-state index contributed by atoms with van der Waals surface area (Å²) in [5.41, 5.74) is 11.3. The molecule has 2 aromatic carbocycles. The average molecular weight is 385 g/mol. The molecule has 0 saturated heterocycles. The topological polar surface area (TPSA) is 79.5 Å². The van der Waals surface area contributed by atoms with Crippen LogP contribution in [0.4, 0.5) is 10.5 Å². The molecule has 0 fully saturated rings. The molecule has 0 saturated carbocycles. The van der Waals surface area contributed by atoms with Crippen molar-refractivity contribution in [2.24, 2.45) is 5.73 Å². The van der Waals surface area contributed by atoms with E-state index in [9.17, 15) is 9.90 Å². The molecule has 4 rings (SSSR count). The lowest BCUT2D eigenvalue weighted by Crippen LogP contribution is -2.51. The second-order valence-corrected chi connectivity index (χ2v) is 7.80. The number of para-hydroxylation sites is 1. The fraction of sp³-hybridized carbons (Fsp3) is 0.167. The summed E-state index contributed by atoms with van der Waals surface area (Å²) in [5.74, 6) is 0.196. The molecule has 0 radical (unpaired) electrons. The molecule has 5 nitrogen and oxygen atoms in total. The summed E-state index contributed by atoms with van der Waals surface area (Å²) in [6.07, 6.45) is 5.56. The monoisotopic (exact) mass is 385 g/mol. The Kier molecular flexibility index (Phi) is 4.38. The van der Waals surface area contributed by atoms with E-state index in [1.807, 2.05) is 57.2 Å². The second-order valence-electron chi connectivity index (χ2n) is 7.80. The first kappa shape index (κ1) is 18.7. The fourth-order valence-corrected chi connectivity index (χ4v) is 4.29. The van der Waals surface area contributed by atoms with Gasteiger partial charge in [0.25, 0.3) is 0 Å². The summed E-state index contributed by atoms with van der Waals surface area (Å²) >= 11 is 0. The number of carbonyl (C=O) groups excluding carboxylic acids is 1. The molecular weight excluding hydrogens is 362 g/mol. The number of nitrogens with two attached hydrogens (primary N) is 1. The molecule has 2 amide bonds. The number of carbonyl (C=O) groups is 1. The van der Waals surface area contributed by atoms with Crippen LogP contribution < -0.4 is 10.6 Å². The number of aromatic hydroxyl groups is 1. The van der Waals surface area contributed by atoms with Gasteiger partial charge in [-0.2, -0.15) is 0 Å². The summed E-state index contributed by atoms with van der Waals surface area (Å²) in [6, 6.07) is 14.4. The number of benzene rings is 2. The molecule has 2 heterocycles. The van der Waals surface area contributed by atoms with Crippen molar-refractivity contribution >= 4 is 17.3 Å². The minimum atomic E-state index is -0.550. The number of rotatable bonds is 2. The van der Waals surface area contributed by atoms with Crippen LogP contribution in [0.15, 0.2) is 67.0 Å². The number of amides is 2. The minimum absolute atomic E-state index is 0.196. The highest BCUT2D eigenvalue weighted by molar-refractivity contribution is 6.05. The van der Waals surface area contributed by atoms with Crippen LogP contribution in [-0.4, -0.2) is 21.7 Å². The molecule has 1 aromatic heterocycles. The lowest BCUT2D eigenvalue weighted by atomic mass is 9.81. The first-order valence-electron chi connectivity index (χ1n) is 9.46. The molecule has 0 aliphatic carbocycles. The fourth-order valence-electron chi connectivity index (χ4n) is 4.29. The van der Waals surface area contributed by atoms with E-state index in [2.05, 4.69) is 11.1 Å². The number of primary amides is 1. The Bertz CT molecular complexity index is 1130. The van der Waals surface area contributed by atoms with Gasteiger partial charge >= 0.3 is 6.03 Å². The van der Waals surface area contributed by atoms with Gasteiger partial charge in [-0.3, -0.25) is 9.88 Å². The van der Waals surface area contributed by atoms with Gasteiger partial charge < -0.3 is 10.8 Å². The van der Waals surface area contributed by atoms with E-state index in [0.29, 0.717) is 0 Å². The van der Waals surface area contributed by atoms with Crippen LogP contribution in [0.25, 0.3) is 27.8 Å². The molecule has 146 valence electrons. The third-order valence-electron chi connectivity index (χ3n) is 5.33. The number of allylic oxidation sites excluding steroid dienone is 1. The summed E-state index contributed by atoms with van der Waals surface area (Å²) in [6.45, 7) is 5.96. The van der Waals surface area contributed by atoms with E-state index < -0.39 is 11.6 Å². The number of anilines is 1. The summed E-state index contributed by atoms with van der Waals surface area (Å²) in [5, 5.41) is 10.5. The third kappa shape index (κ3) is 3.05. The van der Waals surface area contributed by atoms with Crippen LogP contribution in [0, 0.1) is 0 Å². The van der Waals surface area contributed by atoms with Gasteiger partial charge in [-0.25, -0.2) is 4.79 Å². The maximum Gasteiger partial charge on any atom is 0.320 e. The molecule has 0 bridgehead atoms. The largest absolute Gasteiger partial charge is 0.507 e. The molecule has 1 aliphatic rings. The van der Waals surface area contributed by atoms with Crippen molar-refractivity contribution in [2.45, 2.75) is 26.3 Å². The highest BCUT2D eigenvalue weighted by Gasteiger charge is 2.36. The van der Waals surface area contributed by atoms with E-state index in [-0.39, 0.29) is 5.75 Å². The van der Waals surface area contributed by atoms with Crippen molar-refractivity contribution in [3.8, 4) is 28.0 Å². The minimum Gasteiger partial charge on any atom is -0.507 e. The van der Waals surface area contributed by atoms with Crippen LogP contribution >= 0.6 is 0 Å². The molecule has 0 atom stereocenters. The van der Waals surface area contributed by atoms with Crippen LogP contribution in [0.2, 0.25) is 0 Å². The third-order valence-corrected chi connectivity index (χ3v) is 5.33. The molecule has 3 aromatic rings. The van der Waals surface area contributed by atoms with E-state index in [1.165, 1.54) is 0 Å². The van der Waals surface area contributed by atoms with Gasteiger partial charge in [0.1, 0.15) is 5.75 Å². The molecule has 0 spiro atoms. The van der Waals surface area contributed by atoms with Crippen LogP contribution in [0.5, 0.6) is 5.75 Å². The van der Waals surface area contributed by atoms with E-state index in [1.54, 1.807) is 29.4 Å². The number of hydrogen-bond donors (Lipinski definition) is 2. The zero-order chi connectivity index (χ0) is 20.8. The molecular formula is C24H23N3O2. The Morgan fingerprint density at radius 1 is 1.03 bits per heavy atom. The van der Waals surface area contributed by atoms with Gasteiger partial charge in [-0.1, -0.05) is 36.4 Å². The SMILES string of the molecule is CC1=CC(C)(C)N(C(N)=O)c2ccc(-c3ccccc3O)c(-c3cccnc3)c21. The standard InChI is InChI=1S/C24H23N3O2/c1-15-13-24(2,3)27(23(25)29)19-11-10-18(17-8-4-5-9-20(17)28)22(21(15)19)16-7-6-12-26-14-16/h4-14,28H,1-3H3,(H2,25,29). The van der Waals surface area contributed by atoms with Gasteiger partial charge in [0.15, 0.2) is 0 Å². The first-order chi connectivity index (χ1) is 13.8.